The van der Waals surface area contributed by atoms with Crippen molar-refractivity contribution in [1.29, 1.82) is 0 Å². The minimum atomic E-state index is -0.810. The van der Waals surface area contributed by atoms with Crippen molar-refractivity contribution in [3.63, 3.8) is 0 Å². The van der Waals surface area contributed by atoms with E-state index in [0.29, 0.717) is 5.76 Å². The van der Waals surface area contributed by atoms with Crippen LogP contribution in [0.15, 0.2) is 64.1 Å². The second-order valence-corrected chi connectivity index (χ2v) is 7.73. The third kappa shape index (κ3) is 3.29. The second-order valence-electron chi connectivity index (χ2n) is 6.78. The number of furan rings is 1. The summed E-state index contributed by atoms with van der Waals surface area (Å²) >= 11 is 1.38. The molecule has 1 atom stereocenters. The first kappa shape index (κ1) is 19.6. The maximum absolute atomic E-state index is 12.9. The molecule has 0 bridgehead atoms. The molecule has 0 radical (unpaired) electrons. The number of carbonyl (C=O) groups is 2. The molecule has 3 aromatic rings. The molecular formula is C21H16N2O6S. The number of likely N-dealkylation sites (tertiary alicyclic amines) is 1. The van der Waals surface area contributed by atoms with Gasteiger partial charge in [0.25, 0.3) is 17.4 Å². The van der Waals surface area contributed by atoms with E-state index in [1.807, 2.05) is 18.4 Å². The van der Waals surface area contributed by atoms with E-state index in [1.54, 1.807) is 12.1 Å². The van der Waals surface area contributed by atoms with Gasteiger partial charge in [-0.15, -0.1) is 11.3 Å². The highest BCUT2D eigenvalue weighted by Crippen LogP contribution is 2.43. The molecule has 152 valence electrons. The summed E-state index contributed by atoms with van der Waals surface area (Å²) in [5.74, 6) is -1.42. The first-order valence-electron chi connectivity index (χ1n) is 8.98. The number of thiophene rings is 1. The van der Waals surface area contributed by atoms with Crippen LogP contribution in [-0.4, -0.2) is 26.6 Å². The maximum atomic E-state index is 12.9. The largest absolute Gasteiger partial charge is 0.507 e. The molecule has 30 heavy (non-hydrogen) atoms. The third-order valence-corrected chi connectivity index (χ3v) is 6.02. The molecule has 9 heteroatoms. The summed E-state index contributed by atoms with van der Waals surface area (Å²) < 4.78 is 5.35. The quantitative estimate of drug-likeness (QED) is 0.216. The van der Waals surface area contributed by atoms with Gasteiger partial charge in [-0.3, -0.25) is 19.7 Å². The Hall–Kier alpha value is -3.72. The topological polar surface area (TPSA) is 114 Å². The normalized spacial score (nSPS) is 18.2. The Kier molecular flexibility index (Phi) is 4.96. The molecule has 1 unspecified atom stereocenters. The number of hydrogen-bond donors (Lipinski definition) is 1. The fourth-order valence-electron chi connectivity index (χ4n) is 3.45. The van der Waals surface area contributed by atoms with Gasteiger partial charge in [-0.05, 0) is 48.2 Å². The van der Waals surface area contributed by atoms with E-state index in [0.717, 1.165) is 10.4 Å². The van der Waals surface area contributed by atoms with Crippen molar-refractivity contribution in [3.8, 4) is 0 Å². The molecule has 2 aromatic heterocycles. The van der Waals surface area contributed by atoms with Gasteiger partial charge in [0.05, 0.1) is 23.3 Å². The van der Waals surface area contributed by atoms with Crippen LogP contribution < -0.4 is 0 Å². The number of ketones is 1. The highest BCUT2D eigenvalue weighted by molar-refractivity contribution is 7.10. The standard InChI is InChI=1S/C21H16N2O6S/c1-12-8-10-30-20(12)17-16(18(24)13-4-6-14(7-5-13)23(27)28)19(25)21(26)22(17)11-15-3-2-9-29-15/h2-10,17,24H,11H2,1H3/b18-16-. The minimum Gasteiger partial charge on any atom is -0.507 e. The molecule has 0 spiro atoms. The summed E-state index contributed by atoms with van der Waals surface area (Å²) in [4.78, 5) is 38.2. The molecule has 4 rings (SSSR count). The predicted molar refractivity (Wildman–Crippen MR) is 109 cm³/mol. The van der Waals surface area contributed by atoms with E-state index < -0.39 is 22.7 Å². The number of carbonyl (C=O) groups excluding carboxylic acids is 2. The Morgan fingerprint density at radius 1 is 1.23 bits per heavy atom. The van der Waals surface area contributed by atoms with E-state index in [1.165, 1.54) is 46.8 Å². The van der Waals surface area contributed by atoms with Crippen LogP contribution in [0.4, 0.5) is 5.69 Å². The molecular weight excluding hydrogens is 408 g/mol. The SMILES string of the molecule is Cc1ccsc1C1/C(=C(/O)c2ccc([N+](=O)[O-])cc2)C(=O)C(=O)N1Cc1ccco1. The van der Waals surface area contributed by atoms with E-state index in [9.17, 15) is 24.8 Å². The summed E-state index contributed by atoms with van der Waals surface area (Å²) in [6, 6.07) is 9.66. The summed E-state index contributed by atoms with van der Waals surface area (Å²) in [5.41, 5.74) is 0.906. The van der Waals surface area contributed by atoms with Gasteiger partial charge in [0, 0.05) is 22.6 Å². The van der Waals surface area contributed by atoms with Crippen molar-refractivity contribution in [1.82, 2.24) is 4.90 Å². The van der Waals surface area contributed by atoms with Crippen LogP contribution >= 0.6 is 11.3 Å². The number of nitrogens with zero attached hydrogens (tertiary/aromatic N) is 2. The average molecular weight is 424 g/mol. The number of hydrogen-bond acceptors (Lipinski definition) is 7. The van der Waals surface area contributed by atoms with E-state index >= 15 is 0 Å². The number of aliphatic hydroxyl groups excluding tert-OH is 1. The number of aliphatic hydroxyl groups is 1. The van der Waals surface area contributed by atoms with Crippen molar-refractivity contribution in [2.45, 2.75) is 19.5 Å². The van der Waals surface area contributed by atoms with Gasteiger partial charge in [-0.1, -0.05) is 0 Å². The van der Waals surface area contributed by atoms with Crippen molar-refractivity contribution in [2.75, 3.05) is 0 Å². The summed E-state index contributed by atoms with van der Waals surface area (Å²) in [7, 11) is 0. The van der Waals surface area contributed by atoms with Crippen molar-refractivity contribution in [3.05, 3.63) is 91.6 Å². The third-order valence-electron chi connectivity index (χ3n) is 4.95. The highest BCUT2D eigenvalue weighted by Gasteiger charge is 2.47. The smallest absolute Gasteiger partial charge is 0.296 e. The van der Waals surface area contributed by atoms with Crippen LogP contribution in [0.2, 0.25) is 0 Å². The van der Waals surface area contributed by atoms with Crippen LogP contribution in [-0.2, 0) is 16.1 Å². The summed E-state index contributed by atoms with van der Waals surface area (Å²) in [6.45, 7) is 1.93. The van der Waals surface area contributed by atoms with Gasteiger partial charge in [-0.2, -0.15) is 0 Å². The van der Waals surface area contributed by atoms with Crippen molar-refractivity contribution in [2.24, 2.45) is 0 Å². The molecule has 1 aromatic carbocycles. The maximum Gasteiger partial charge on any atom is 0.296 e. The van der Waals surface area contributed by atoms with Gasteiger partial charge >= 0.3 is 0 Å². The molecule has 0 aliphatic carbocycles. The lowest BCUT2D eigenvalue weighted by atomic mass is 9.98. The van der Waals surface area contributed by atoms with Gasteiger partial charge < -0.3 is 14.4 Å². The molecule has 1 aliphatic rings. The first-order chi connectivity index (χ1) is 14.4. The van der Waals surface area contributed by atoms with Gasteiger partial charge in [0.1, 0.15) is 17.6 Å². The Morgan fingerprint density at radius 2 is 1.97 bits per heavy atom. The van der Waals surface area contributed by atoms with E-state index in [2.05, 4.69) is 0 Å². The van der Waals surface area contributed by atoms with Gasteiger partial charge in [0.2, 0.25) is 0 Å². The zero-order valence-electron chi connectivity index (χ0n) is 15.8. The fraction of sp³-hybridized carbons (Fsp3) is 0.143. The fourth-order valence-corrected chi connectivity index (χ4v) is 4.49. The number of rotatable bonds is 5. The Balaban J connectivity index is 1.84. The molecule has 1 fully saturated rings. The molecule has 8 nitrogen and oxygen atoms in total. The zero-order valence-corrected chi connectivity index (χ0v) is 16.6. The van der Waals surface area contributed by atoms with Gasteiger partial charge in [0.15, 0.2) is 0 Å². The first-order valence-corrected chi connectivity index (χ1v) is 9.86. The lowest BCUT2D eigenvalue weighted by molar-refractivity contribution is -0.384. The number of amides is 1. The van der Waals surface area contributed by atoms with E-state index in [4.69, 9.17) is 4.42 Å². The Morgan fingerprint density at radius 3 is 2.53 bits per heavy atom. The molecule has 3 heterocycles. The average Bonchev–Trinajstić information content (AvgIpc) is 3.45. The predicted octanol–water partition coefficient (Wildman–Crippen LogP) is 4.18. The molecule has 1 N–H and O–H groups in total. The lowest BCUT2D eigenvalue weighted by Crippen LogP contribution is -2.28. The lowest BCUT2D eigenvalue weighted by Gasteiger charge is -2.24. The van der Waals surface area contributed by atoms with Crippen LogP contribution in [0, 0.1) is 17.0 Å². The number of nitro groups is 1. The second kappa shape index (κ2) is 7.60. The molecule has 1 saturated heterocycles. The van der Waals surface area contributed by atoms with Crippen LogP contribution in [0.5, 0.6) is 0 Å². The zero-order chi connectivity index (χ0) is 21.4. The molecule has 1 amide bonds. The number of nitro benzene ring substituents is 1. The summed E-state index contributed by atoms with van der Waals surface area (Å²) in [5, 5.41) is 23.7. The van der Waals surface area contributed by atoms with Crippen LogP contribution in [0.3, 0.4) is 0 Å². The summed E-state index contributed by atoms with van der Waals surface area (Å²) in [6.07, 6.45) is 1.48. The molecule has 0 saturated carbocycles. The molecule has 1 aliphatic heterocycles. The van der Waals surface area contributed by atoms with Crippen molar-refractivity contribution < 1.29 is 24.0 Å². The Labute approximate surface area is 174 Å². The van der Waals surface area contributed by atoms with E-state index in [-0.39, 0.29) is 29.1 Å². The van der Waals surface area contributed by atoms with Crippen LogP contribution in [0.1, 0.15) is 27.8 Å². The number of Topliss-reactive ketones (excluding diaryl/α,β-unsaturated/α-hetero) is 1. The monoisotopic (exact) mass is 424 g/mol. The minimum absolute atomic E-state index is 0.0500. The van der Waals surface area contributed by atoms with Crippen LogP contribution in [0.25, 0.3) is 5.76 Å². The Bertz CT molecular complexity index is 1160. The van der Waals surface area contributed by atoms with Gasteiger partial charge in [-0.25, -0.2) is 0 Å². The number of aryl methyl sites for hydroxylation is 1. The number of benzene rings is 1. The highest BCUT2D eigenvalue weighted by atomic mass is 32.1. The van der Waals surface area contributed by atoms with Crippen molar-refractivity contribution >= 4 is 34.5 Å². The number of non-ortho nitro benzene ring substituents is 1.